The summed E-state index contributed by atoms with van der Waals surface area (Å²) in [6.07, 6.45) is 2.30. The van der Waals surface area contributed by atoms with Gasteiger partial charge in [-0.2, -0.15) is 0 Å². The van der Waals surface area contributed by atoms with Gasteiger partial charge in [0.25, 0.3) is 0 Å². The van der Waals surface area contributed by atoms with Gasteiger partial charge in [-0.05, 0) is 18.3 Å². The Labute approximate surface area is 69.0 Å². The molecular formula is C9H19NO. The van der Waals surface area contributed by atoms with E-state index in [-0.39, 0.29) is 6.10 Å². The van der Waals surface area contributed by atoms with Crippen molar-refractivity contribution in [2.24, 2.45) is 11.8 Å². The van der Waals surface area contributed by atoms with Crippen LogP contribution in [0.1, 0.15) is 26.7 Å². The van der Waals surface area contributed by atoms with Crippen molar-refractivity contribution in [3.05, 3.63) is 0 Å². The third-order valence-corrected chi connectivity index (χ3v) is 2.71. The van der Waals surface area contributed by atoms with E-state index in [4.69, 9.17) is 0 Å². The van der Waals surface area contributed by atoms with E-state index >= 15 is 0 Å². The van der Waals surface area contributed by atoms with E-state index in [9.17, 15) is 5.11 Å². The molecule has 1 aliphatic heterocycles. The van der Waals surface area contributed by atoms with Gasteiger partial charge in [-0.25, -0.2) is 0 Å². The van der Waals surface area contributed by atoms with Crippen molar-refractivity contribution >= 4 is 0 Å². The molecule has 0 amide bonds. The first-order valence-electron chi connectivity index (χ1n) is 4.62. The Kier molecular flexibility index (Phi) is 3.34. The minimum Gasteiger partial charge on any atom is -0.391 e. The van der Waals surface area contributed by atoms with Gasteiger partial charge >= 0.3 is 0 Å². The van der Waals surface area contributed by atoms with Gasteiger partial charge in [-0.3, -0.25) is 0 Å². The zero-order valence-electron chi connectivity index (χ0n) is 7.51. The lowest BCUT2D eigenvalue weighted by atomic mass is 9.92. The highest BCUT2D eigenvalue weighted by atomic mass is 16.3. The Balaban J connectivity index is 2.24. The standard InChI is InChI=1S/C9H19NO/c1-3-7(2)4-8-5-10-6-9(8)11/h7-11H,3-6H2,1-2H3. The Bertz CT molecular complexity index is 116. The zero-order valence-corrected chi connectivity index (χ0v) is 7.51. The lowest BCUT2D eigenvalue weighted by Crippen LogP contribution is -2.19. The number of rotatable bonds is 3. The fraction of sp³-hybridized carbons (Fsp3) is 1.00. The molecule has 2 heteroatoms. The van der Waals surface area contributed by atoms with Gasteiger partial charge in [0.15, 0.2) is 0 Å². The van der Waals surface area contributed by atoms with Crippen LogP contribution in [-0.2, 0) is 0 Å². The molecule has 2 N–H and O–H groups in total. The van der Waals surface area contributed by atoms with Gasteiger partial charge < -0.3 is 10.4 Å². The van der Waals surface area contributed by atoms with Crippen LogP contribution in [0.15, 0.2) is 0 Å². The number of aliphatic hydroxyl groups is 1. The molecule has 1 rings (SSSR count). The molecule has 0 bridgehead atoms. The molecule has 0 spiro atoms. The molecule has 1 saturated heterocycles. The molecule has 1 fully saturated rings. The second-order valence-electron chi connectivity index (χ2n) is 3.73. The lowest BCUT2D eigenvalue weighted by molar-refractivity contribution is 0.133. The topological polar surface area (TPSA) is 32.3 Å². The first-order valence-corrected chi connectivity index (χ1v) is 4.62. The highest BCUT2D eigenvalue weighted by Gasteiger charge is 2.25. The number of nitrogens with one attached hydrogen (secondary N) is 1. The van der Waals surface area contributed by atoms with E-state index in [1.54, 1.807) is 0 Å². The normalized spacial score (nSPS) is 34.1. The molecule has 1 heterocycles. The van der Waals surface area contributed by atoms with Gasteiger partial charge in [-0.1, -0.05) is 20.3 Å². The van der Waals surface area contributed by atoms with E-state index < -0.39 is 0 Å². The van der Waals surface area contributed by atoms with Crippen molar-refractivity contribution in [3.8, 4) is 0 Å². The number of hydrogen-bond acceptors (Lipinski definition) is 2. The highest BCUT2D eigenvalue weighted by Crippen LogP contribution is 2.20. The SMILES string of the molecule is CCC(C)CC1CNCC1O. The molecule has 3 unspecified atom stereocenters. The maximum absolute atomic E-state index is 9.47. The summed E-state index contributed by atoms with van der Waals surface area (Å²) in [5, 5.41) is 12.7. The average Bonchev–Trinajstić information content (AvgIpc) is 2.37. The Morgan fingerprint density at radius 1 is 1.55 bits per heavy atom. The van der Waals surface area contributed by atoms with Crippen LogP contribution >= 0.6 is 0 Å². The lowest BCUT2D eigenvalue weighted by Gasteiger charge is -2.16. The Morgan fingerprint density at radius 3 is 2.73 bits per heavy atom. The van der Waals surface area contributed by atoms with Crippen molar-refractivity contribution in [1.82, 2.24) is 5.32 Å². The van der Waals surface area contributed by atoms with Crippen LogP contribution in [-0.4, -0.2) is 24.3 Å². The van der Waals surface area contributed by atoms with Gasteiger partial charge in [0.1, 0.15) is 0 Å². The molecule has 0 aromatic rings. The summed E-state index contributed by atoms with van der Waals surface area (Å²) in [4.78, 5) is 0. The number of aliphatic hydroxyl groups excluding tert-OH is 1. The monoisotopic (exact) mass is 157 g/mol. The number of hydrogen-bond donors (Lipinski definition) is 2. The van der Waals surface area contributed by atoms with Crippen molar-refractivity contribution in [1.29, 1.82) is 0 Å². The largest absolute Gasteiger partial charge is 0.391 e. The molecule has 11 heavy (non-hydrogen) atoms. The quantitative estimate of drug-likeness (QED) is 0.640. The van der Waals surface area contributed by atoms with E-state index in [2.05, 4.69) is 19.2 Å². The van der Waals surface area contributed by atoms with Crippen LogP contribution in [0.25, 0.3) is 0 Å². The number of β-amino-alcohol motifs (C(OH)–C–C–N with tert-alkyl or cyclic N) is 1. The van der Waals surface area contributed by atoms with E-state index in [0.29, 0.717) is 5.92 Å². The van der Waals surface area contributed by atoms with Crippen LogP contribution in [0.5, 0.6) is 0 Å². The third-order valence-electron chi connectivity index (χ3n) is 2.71. The summed E-state index contributed by atoms with van der Waals surface area (Å²) in [7, 11) is 0. The minimum atomic E-state index is -0.0935. The fourth-order valence-electron chi connectivity index (χ4n) is 1.64. The third kappa shape index (κ3) is 2.46. The van der Waals surface area contributed by atoms with Gasteiger partial charge in [0, 0.05) is 13.1 Å². The van der Waals surface area contributed by atoms with Gasteiger partial charge in [0.2, 0.25) is 0 Å². The van der Waals surface area contributed by atoms with Crippen molar-refractivity contribution in [2.75, 3.05) is 13.1 Å². The van der Waals surface area contributed by atoms with E-state index in [0.717, 1.165) is 19.0 Å². The Hall–Kier alpha value is -0.0800. The molecule has 2 nitrogen and oxygen atoms in total. The van der Waals surface area contributed by atoms with Crippen molar-refractivity contribution in [3.63, 3.8) is 0 Å². The summed E-state index contributed by atoms with van der Waals surface area (Å²) < 4.78 is 0. The molecule has 0 aromatic carbocycles. The summed E-state index contributed by atoms with van der Waals surface area (Å²) in [5.74, 6) is 1.26. The first-order chi connectivity index (χ1) is 5.24. The summed E-state index contributed by atoms with van der Waals surface area (Å²) >= 11 is 0. The summed E-state index contributed by atoms with van der Waals surface area (Å²) in [6, 6.07) is 0. The van der Waals surface area contributed by atoms with E-state index in [1.807, 2.05) is 0 Å². The second kappa shape index (κ2) is 4.07. The molecule has 0 aromatic heterocycles. The van der Waals surface area contributed by atoms with Crippen LogP contribution in [0.2, 0.25) is 0 Å². The molecule has 1 aliphatic rings. The molecule has 0 saturated carbocycles. The van der Waals surface area contributed by atoms with Gasteiger partial charge in [-0.15, -0.1) is 0 Å². The van der Waals surface area contributed by atoms with Crippen LogP contribution in [0.4, 0.5) is 0 Å². The minimum absolute atomic E-state index is 0.0935. The predicted octanol–water partition coefficient (Wildman–Crippen LogP) is 1.00. The molecular weight excluding hydrogens is 138 g/mol. The van der Waals surface area contributed by atoms with Crippen LogP contribution in [0.3, 0.4) is 0 Å². The molecule has 3 atom stereocenters. The van der Waals surface area contributed by atoms with Crippen molar-refractivity contribution in [2.45, 2.75) is 32.8 Å². The van der Waals surface area contributed by atoms with Gasteiger partial charge in [0.05, 0.1) is 6.10 Å². The predicted molar refractivity (Wildman–Crippen MR) is 46.4 cm³/mol. The smallest absolute Gasteiger partial charge is 0.0704 e. The first kappa shape index (κ1) is 9.01. The molecule has 0 aliphatic carbocycles. The molecule has 0 radical (unpaired) electrons. The highest BCUT2D eigenvalue weighted by molar-refractivity contribution is 4.81. The zero-order chi connectivity index (χ0) is 8.27. The summed E-state index contributed by atoms with van der Waals surface area (Å²) in [6.45, 7) is 6.26. The molecule has 66 valence electrons. The van der Waals surface area contributed by atoms with Crippen molar-refractivity contribution < 1.29 is 5.11 Å². The van der Waals surface area contributed by atoms with Crippen LogP contribution in [0, 0.1) is 11.8 Å². The average molecular weight is 157 g/mol. The summed E-state index contributed by atoms with van der Waals surface area (Å²) in [5.41, 5.74) is 0. The van der Waals surface area contributed by atoms with E-state index in [1.165, 1.54) is 12.8 Å². The Morgan fingerprint density at radius 2 is 2.27 bits per heavy atom. The fourth-order valence-corrected chi connectivity index (χ4v) is 1.64. The maximum atomic E-state index is 9.47. The second-order valence-corrected chi connectivity index (χ2v) is 3.73. The maximum Gasteiger partial charge on any atom is 0.0704 e. The van der Waals surface area contributed by atoms with Crippen LogP contribution < -0.4 is 5.32 Å².